The summed E-state index contributed by atoms with van der Waals surface area (Å²) in [4.78, 5) is 54.8. The number of nitrogen functional groups attached to an aromatic ring is 1. The molecule has 0 saturated carbocycles. The van der Waals surface area contributed by atoms with Gasteiger partial charge in [0, 0.05) is 37.8 Å². The van der Waals surface area contributed by atoms with Crippen molar-refractivity contribution >= 4 is 100 Å². The third-order valence-corrected chi connectivity index (χ3v) is 5.27. The van der Waals surface area contributed by atoms with Crippen molar-refractivity contribution < 1.29 is 24.6 Å². The average molecular weight is 507 g/mol. The average Bonchev–Trinajstić information content (AvgIpc) is 2.75. The van der Waals surface area contributed by atoms with Crippen molar-refractivity contribution in [2.75, 3.05) is 41.4 Å². The fourth-order valence-corrected chi connectivity index (χ4v) is 3.43. The van der Waals surface area contributed by atoms with Crippen LogP contribution in [0.4, 0.5) is 23.1 Å². The summed E-state index contributed by atoms with van der Waals surface area (Å²) in [5.41, 5.74) is 6.50. The summed E-state index contributed by atoms with van der Waals surface area (Å²) in [7, 11) is 1.79. The van der Waals surface area contributed by atoms with Crippen molar-refractivity contribution in [1.82, 2.24) is 15.3 Å². The minimum atomic E-state index is -1.30. The van der Waals surface area contributed by atoms with Crippen LogP contribution in [0.2, 0.25) is 0 Å². The van der Waals surface area contributed by atoms with Crippen LogP contribution in [0.3, 0.4) is 0 Å². The quantitative estimate of drug-likeness (QED) is 0.194. The number of aliphatic carboxylic acids is 2. The van der Waals surface area contributed by atoms with Gasteiger partial charge in [0.15, 0.2) is 0 Å². The topological polar surface area (TPSA) is 203 Å². The van der Waals surface area contributed by atoms with Crippen molar-refractivity contribution in [3.63, 3.8) is 0 Å². The van der Waals surface area contributed by atoms with Gasteiger partial charge >= 0.3 is 71.1 Å². The normalized spacial score (nSPS) is 14.8. The van der Waals surface area contributed by atoms with E-state index in [0.717, 1.165) is 5.69 Å². The summed E-state index contributed by atoms with van der Waals surface area (Å²) in [6, 6.07) is 5.03. The number of benzene rings is 1. The van der Waals surface area contributed by atoms with Crippen LogP contribution in [0.25, 0.3) is 0 Å². The molecule has 180 valence electrons. The molecule has 8 N–H and O–H groups in total. The number of rotatable bonds is 9. The molecule has 13 nitrogen and oxygen atoms in total. The third kappa shape index (κ3) is 8.12. The van der Waals surface area contributed by atoms with Gasteiger partial charge in [0.1, 0.15) is 17.5 Å². The van der Waals surface area contributed by atoms with E-state index >= 15 is 0 Å². The molecule has 2 aromatic rings. The van der Waals surface area contributed by atoms with Gasteiger partial charge in [-0.25, -0.2) is 4.79 Å². The number of nitrogens with zero attached hydrogens (tertiary/aromatic N) is 2. The van der Waals surface area contributed by atoms with Crippen molar-refractivity contribution in [2.24, 2.45) is 0 Å². The first-order valence-corrected chi connectivity index (χ1v) is 10.1. The second kappa shape index (κ2) is 13.7. The Morgan fingerprint density at radius 3 is 2.49 bits per heavy atom. The zero-order valence-corrected chi connectivity index (χ0v) is 17.8. The molecule has 0 bridgehead atoms. The van der Waals surface area contributed by atoms with E-state index in [1.165, 1.54) is 12.1 Å². The zero-order valence-electron chi connectivity index (χ0n) is 17.8. The summed E-state index contributed by atoms with van der Waals surface area (Å²) in [6.07, 6.45) is -0.586. The molecule has 1 aromatic heterocycles. The predicted octanol–water partition coefficient (Wildman–Crippen LogP) is -1.55. The first kappa shape index (κ1) is 30.7. The maximum atomic E-state index is 12.3. The van der Waals surface area contributed by atoms with Gasteiger partial charge < -0.3 is 41.8 Å². The van der Waals surface area contributed by atoms with E-state index in [9.17, 15) is 24.3 Å². The number of hydrogen-bond donors (Lipinski definition) is 7. The number of amides is 1. The first-order valence-electron chi connectivity index (χ1n) is 10.1. The molecule has 1 aliphatic heterocycles. The van der Waals surface area contributed by atoms with E-state index in [2.05, 4.69) is 25.9 Å². The number of H-pyrrole nitrogens is 1. The molecule has 3 rings (SSSR count). The fraction of sp³-hybridized carbons (Fsp3) is 0.350. The number of aromatic amines is 1. The summed E-state index contributed by atoms with van der Waals surface area (Å²) >= 11 is 0. The number of carbonyl (C=O) groups is 3. The van der Waals surface area contributed by atoms with Gasteiger partial charge in [-0.2, -0.15) is 4.98 Å². The van der Waals surface area contributed by atoms with Crippen LogP contribution in [0, 0.1) is 0 Å². The second-order valence-corrected chi connectivity index (χ2v) is 7.55. The van der Waals surface area contributed by atoms with Crippen LogP contribution in [0.5, 0.6) is 0 Å². The SMILES string of the molecule is CN1c2c([nH]c(N)nc2=O)NCC1CNc1ccc(C(=O)N[C@@H](CCC(=O)O)C(=O)O)cc1.[NaH].[NaH]. The maximum absolute atomic E-state index is 12.3. The number of nitrogens with two attached hydrogens (primary N) is 1. The molecule has 0 saturated heterocycles. The molecule has 1 unspecified atom stereocenters. The van der Waals surface area contributed by atoms with Gasteiger partial charge in [0.2, 0.25) is 5.95 Å². The second-order valence-electron chi connectivity index (χ2n) is 7.55. The number of carboxylic acid groups (broad SMARTS) is 2. The molecule has 15 heteroatoms. The molecule has 1 aromatic carbocycles. The van der Waals surface area contributed by atoms with Crippen molar-refractivity contribution in [3.8, 4) is 0 Å². The van der Waals surface area contributed by atoms with E-state index in [1.807, 2.05) is 4.90 Å². The molecular formula is C20H27N7Na2O6. The molecular weight excluding hydrogens is 480 g/mol. The molecule has 0 radical (unpaired) electrons. The third-order valence-electron chi connectivity index (χ3n) is 5.27. The zero-order chi connectivity index (χ0) is 24.1. The Hall–Kier alpha value is -2.29. The van der Waals surface area contributed by atoms with Gasteiger partial charge in [0.05, 0.1) is 6.04 Å². The molecule has 0 aliphatic carbocycles. The Kier molecular flexibility index (Phi) is 12.0. The van der Waals surface area contributed by atoms with Crippen LogP contribution in [0.1, 0.15) is 23.2 Å². The summed E-state index contributed by atoms with van der Waals surface area (Å²) < 4.78 is 0. The van der Waals surface area contributed by atoms with E-state index in [0.29, 0.717) is 24.6 Å². The van der Waals surface area contributed by atoms with Gasteiger partial charge in [0.25, 0.3) is 11.5 Å². The minimum absolute atomic E-state index is 0. The van der Waals surface area contributed by atoms with Crippen LogP contribution < -0.4 is 32.1 Å². The fourth-order valence-electron chi connectivity index (χ4n) is 3.43. The van der Waals surface area contributed by atoms with Gasteiger partial charge in [-0.1, -0.05) is 0 Å². The van der Waals surface area contributed by atoms with E-state index < -0.39 is 29.4 Å². The molecule has 2 atom stereocenters. The molecule has 1 amide bonds. The number of aromatic nitrogens is 2. The molecule has 0 spiro atoms. The molecule has 1 aliphatic rings. The van der Waals surface area contributed by atoms with Gasteiger partial charge in [-0.05, 0) is 30.7 Å². The Bertz CT molecular complexity index is 1110. The number of fused-ring (bicyclic) bond motifs is 1. The van der Waals surface area contributed by atoms with Crippen LogP contribution >= 0.6 is 0 Å². The molecule has 35 heavy (non-hydrogen) atoms. The number of nitrogens with one attached hydrogen (secondary N) is 4. The van der Waals surface area contributed by atoms with Crippen LogP contribution in [0.15, 0.2) is 29.1 Å². The Labute approximate surface area is 244 Å². The van der Waals surface area contributed by atoms with Gasteiger partial charge in [-0.15, -0.1) is 0 Å². The monoisotopic (exact) mass is 507 g/mol. The Morgan fingerprint density at radius 2 is 1.89 bits per heavy atom. The number of likely N-dealkylation sites (N-methyl/N-ethyl adjacent to an activating group) is 1. The molecule has 2 heterocycles. The Balaban J connectivity index is 0.00000306. The van der Waals surface area contributed by atoms with E-state index in [1.54, 1.807) is 19.2 Å². The van der Waals surface area contributed by atoms with E-state index in [4.69, 9.17) is 10.8 Å². The summed E-state index contributed by atoms with van der Waals surface area (Å²) in [6.45, 7) is 1.03. The summed E-state index contributed by atoms with van der Waals surface area (Å²) in [5, 5.41) is 26.6. The van der Waals surface area contributed by atoms with Crippen LogP contribution in [-0.4, -0.2) is 129 Å². The van der Waals surface area contributed by atoms with Crippen molar-refractivity contribution in [1.29, 1.82) is 0 Å². The first-order chi connectivity index (χ1) is 15.7. The predicted molar refractivity (Wildman–Crippen MR) is 135 cm³/mol. The molecule has 0 fully saturated rings. The Morgan fingerprint density at radius 1 is 1.23 bits per heavy atom. The van der Waals surface area contributed by atoms with Gasteiger partial charge in [-0.3, -0.25) is 14.4 Å². The van der Waals surface area contributed by atoms with Crippen LogP contribution in [-0.2, 0) is 9.59 Å². The summed E-state index contributed by atoms with van der Waals surface area (Å²) in [5.74, 6) is -2.50. The number of carbonyl (C=O) groups excluding carboxylic acids is 1. The number of anilines is 4. The number of hydrogen-bond acceptors (Lipinski definition) is 9. The van der Waals surface area contributed by atoms with Crippen molar-refractivity contribution in [3.05, 3.63) is 40.2 Å². The van der Waals surface area contributed by atoms with E-state index in [-0.39, 0.29) is 89.5 Å². The van der Waals surface area contributed by atoms with Crippen molar-refractivity contribution in [2.45, 2.75) is 24.9 Å². The number of carboxylic acids is 2. The standard InChI is InChI=1S/C20H25N7O6.2Na.2H/c1-27-12(9-23-16-15(27)18(31)26-20(21)25-16)8-22-11-4-2-10(3-5-11)17(30)24-13(19(32)33)6-7-14(28)29;;;;/h2-5,12-13,22H,6-9H2,1H3,(H,24,30)(H,28,29)(H,32,33)(H4,21,23,25,26,31);;;;/t12?,13-;;;;/m0..../s1.